The molecule has 1 aliphatic rings. The van der Waals surface area contributed by atoms with Crippen LogP contribution in [0.5, 0.6) is 0 Å². The third-order valence-corrected chi connectivity index (χ3v) is 6.88. The highest BCUT2D eigenvalue weighted by molar-refractivity contribution is 6.02. The van der Waals surface area contributed by atoms with Gasteiger partial charge in [-0.15, -0.1) is 0 Å². The number of rotatable bonds is 7. The largest absolute Gasteiger partial charge is 0.329 e. The monoisotopic (exact) mass is 495 g/mol. The Morgan fingerprint density at radius 3 is 2.32 bits per heavy atom. The van der Waals surface area contributed by atoms with Gasteiger partial charge in [-0.3, -0.25) is 14.5 Å². The van der Waals surface area contributed by atoms with Gasteiger partial charge in [0.05, 0.1) is 22.6 Å². The second-order valence-electron chi connectivity index (χ2n) is 9.43. The Labute approximate surface area is 216 Å². The van der Waals surface area contributed by atoms with Gasteiger partial charge in [-0.25, -0.2) is 4.39 Å². The molecule has 2 heterocycles. The van der Waals surface area contributed by atoms with Crippen molar-refractivity contribution in [2.45, 2.75) is 32.7 Å². The first kappa shape index (κ1) is 24.5. The summed E-state index contributed by atoms with van der Waals surface area (Å²) in [6.07, 6.45) is 3.57. The molecule has 3 aromatic carbocycles. The Morgan fingerprint density at radius 1 is 0.892 bits per heavy atom. The van der Waals surface area contributed by atoms with Crippen LogP contribution >= 0.6 is 0 Å². The van der Waals surface area contributed by atoms with Crippen molar-refractivity contribution in [3.63, 3.8) is 0 Å². The average Bonchev–Trinajstić information content (AvgIpc) is 3.41. The van der Waals surface area contributed by atoms with Crippen LogP contribution in [0, 0.1) is 12.7 Å². The van der Waals surface area contributed by atoms with E-state index in [9.17, 15) is 14.0 Å². The minimum atomic E-state index is -0.583. The van der Waals surface area contributed by atoms with E-state index in [-0.39, 0.29) is 24.1 Å². The predicted molar refractivity (Wildman–Crippen MR) is 143 cm³/mol. The number of benzene rings is 3. The Kier molecular flexibility index (Phi) is 6.91. The fraction of sp³-hybridized carbons (Fsp3) is 0.226. The van der Waals surface area contributed by atoms with Crippen molar-refractivity contribution < 1.29 is 14.0 Å². The van der Waals surface area contributed by atoms with Crippen LogP contribution in [0.3, 0.4) is 0 Å². The van der Waals surface area contributed by atoms with Gasteiger partial charge in [0.1, 0.15) is 18.4 Å². The molecule has 0 N–H and O–H groups in total. The molecule has 37 heavy (non-hydrogen) atoms. The van der Waals surface area contributed by atoms with Crippen molar-refractivity contribution in [3.8, 4) is 5.69 Å². The van der Waals surface area contributed by atoms with Crippen molar-refractivity contribution in [1.82, 2.24) is 9.47 Å². The van der Waals surface area contributed by atoms with Gasteiger partial charge in [-0.1, -0.05) is 67.4 Å². The molecule has 1 aliphatic heterocycles. The summed E-state index contributed by atoms with van der Waals surface area (Å²) >= 11 is 0. The SMILES string of the molecule is CCCCN(CC(=O)N1c2ccccc2-n2cccc2C1c1ccc(C)cc1)C(=O)c1ccccc1F. The summed E-state index contributed by atoms with van der Waals surface area (Å²) in [5, 5.41) is 0. The minimum Gasteiger partial charge on any atom is -0.329 e. The molecular weight excluding hydrogens is 465 g/mol. The first-order chi connectivity index (χ1) is 18.0. The number of para-hydroxylation sites is 2. The second kappa shape index (κ2) is 10.4. The van der Waals surface area contributed by atoms with E-state index >= 15 is 0 Å². The topological polar surface area (TPSA) is 45.6 Å². The number of halogens is 1. The third-order valence-electron chi connectivity index (χ3n) is 6.88. The van der Waals surface area contributed by atoms with Crippen LogP contribution in [-0.4, -0.2) is 34.4 Å². The Hall–Kier alpha value is -4.19. The Morgan fingerprint density at radius 2 is 1.59 bits per heavy atom. The average molecular weight is 496 g/mol. The molecule has 4 aromatic rings. The highest BCUT2D eigenvalue weighted by Gasteiger charge is 2.37. The minimum absolute atomic E-state index is 0.0191. The first-order valence-electron chi connectivity index (χ1n) is 12.7. The molecule has 0 spiro atoms. The number of nitrogens with zero attached hydrogens (tertiary/aromatic N) is 3. The smallest absolute Gasteiger partial charge is 0.257 e. The summed E-state index contributed by atoms with van der Waals surface area (Å²) in [6, 6.07) is 25.6. The van der Waals surface area contributed by atoms with Gasteiger partial charge < -0.3 is 9.47 Å². The molecule has 1 atom stereocenters. The number of amides is 2. The molecule has 0 bridgehead atoms. The molecular formula is C31H30FN3O2. The fourth-order valence-electron chi connectivity index (χ4n) is 4.97. The van der Waals surface area contributed by atoms with E-state index in [0.717, 1.165) is 34.6 Å². The number of anilines is 1. The van der Waals surface area contributed by atoms with E-state index in [4.69, 9.17) is 0 Å². The Bertz CT molecular complexity index is 1430. The van der Waals surface area contributed by atoms with Gasteiger partial charge in [0.25, 0.3) is 5.91 Å². The van der Waals surface area contributed by atoms with Crippen LogP contribution in [0.4, 0.5) is 10.1 Å². The summed E-state index contributed by atoms with van der Waals surface area (Å²) in [5.41, 5.74) is 4.74. The molecule has 0 radical (unpaired) electrons. The maximum Gasteiger partial charge on any atom is 0.257 e. The highest BCUT2D eigenvalue weighted by Crippen LogP contribution is 2.42. The zero-order valence-electron chi connectivity index (χ0n) is 21.1. The number of unbranched alkanes of at least 4 members (excludes halogenated alkanes) is 1. The van der Waals surface area contributed by atoms with Crippen molar-refractivity contribution in [3.05, 3.63) is 119 Å². The summed E-state index contributed by atoms with van der Waals surface area (Å²) in [5.74, 6) is -1.27. The fourth-order valence-corrected chi connectivity index (χ4v) is 4.97. The van der Waals surface area contributed by atoms with Gasteiger partial charge in [-0.2, -0.15) is 0 Å². The lowest BCUT2D eigenvalue weighted by Crippen LogP contribution is -2.47. The summed E-state index contributed by atoms with van der Waals surface area (Å²) in [7, 11) is 0. The van der Waals surface area contributed by atoms with Gasteiger partial charge >= 0.3 is 0 Å². The van der Waals surface area contributed by atoms with E-state index in [1.54, 1.807) is 17.0 Å². The molecule has 1 unspecified atom stereocenters. The maximum atomic E-state index is 14.5. The number of aromatic nitrogens is 1. The van der Waals surface area contributed by atoms with Crippen molar-refractivity contribution in [1.29, 1.82) is 0 Å². The van der Waals surface area contributed by atoms with E-state index in [2.05, 4.69) is 4.57 Å². The summed E-state index contributed by atoms with van der Waals surface area (Å²) in [4.78, 5) is 30.8. The van der Waals surface area contributed by atoms with Crippen molar-refractivity contribution in [2.75, 3.05) is 18.0 Å². The van der Waals surface area contributed by atoms with Gasteiger partial charge in [0.2, 0.25) is 5.91 Å². The van der Waals surface area contributed by atoms with Crippen LogP contribution in [0.15, 0.2) is 91.1 Å². The molecule has 2 amide bonds. The van der Waals surface area contributed by atoms with Crippen molar-refractivity contribution >= 4 is 17.5 Å². The van der Waals surface area contributed by atoms with E-state index in [1.807, 2.05) is 80.7 Å². The molecule has 6 heteroatoms. The van der Waals surface area contributed by atoms with Gasteiger partial charge in [0.15, 0.2) is 0 Å². The van der Waals surface area contributed by atoms with Crippen LogP contribution in [0.2, 0.25) is 0 Å². The molecule has 5 rings (SSSR count). The quantitative estimate of drug-likeness (QED) is 0.302. The van der Waals surface area contributed by atoms with E-state index < -0.39 is 11.7 Å². The number of carbonyl (C=O) groups excluding carboxylic acids is 2. The van der Waals surface area contributed by atoms with Gasteiger partial charge in [0, 0.05) is 12.7 Å². The van der Waals surface area contributed by atoms with Gasteiger partial charge in [-0.05, 0) is 55.3 Å². The first-order valence-corrected chi connectivity index (χ1v) is 12.7. The molecule has 0 aliphatic carbocycles. The van der Waals surface area contributed by atoms with Crippen LogP contribution in [0.25, 0.3) is 5.69 Å². The lowest BCUT2D eigenvalue weighted by atomic mass is 9.97. The number of hydrogen-bond acceptors (Lipinski definition) is 2. The Balaban J connectivity index is 1.56. The van der Waals surface area contributed by atoms with E-state index in [1.165, 1.54) is 17.0 Å². The zero-order valence-corrected chi connectivity index (χ0v) is 21.1. The lowest BCUT2D eigenvalue weighted by Gasteiger charge is -2.39. The van der Waals surface area contributed by atoms with Crippen molar-refractivity contribution in [2.24, 2.45) is 0 Å². The van der Waals surface area contributed by atoms with E-state index in [0.29, 0.717) is 13.0 Å². The molecule has 0 fully saturated rings. The number of fused-ring (bicyclic) bond motifs is 3. The normalized spacial score (nSPS) is 14.1. The molecule has 5 nitrogen and oxygen atoms in total. The standard InChI is InChI=1S/C31H30FN3O2/c1-3-4-19-33(31(37)24-10-5-6-11-25(24)32)21-29(36)35-27-13-8-7-12-26(27)34-20-9-14-28(34)30(35)23-17-15-22(2)16-18-23/h5-18,20,30H,3-4,19,21H2,1-2H3. The van der Waals surface area contributed by atoms with Crippen LogP contribution in [-0.2, 0) is 4.79 Å². The second-order valence-corrected chi connectivity index (χ2v) is 9.43. The third kappa shape index (κ3) is 4.67. The zero-order chi connectivity index (χ0) is 25.9. The molecule has 1 aromatic heterocycles. The molecule has 188 valence electrons. The highest BCUT2D eigenvalue weighted by atomic mass is 19.1. The van der Waals surface area contributed by atoms with Crippen LogP contribution < -0.4 is 4.90 Å². The molecule has 0 saturated heterocycles. The number of aryl methyl sites for hydroxylation is 1. The number of hydrogen-bond donors (Lipinski definition) is 0. The predicted octanol–water partition coefficient (Wildman–Crippen LogP) is 6.30. The lowest BCUT2D eigenvalue weighted by molar-refractivity contribution is -0.119. The number of carbonyl (C=O) groups is 2. The summed E-state index contributed by atoms with van der Waals surface area (Å²) in [6.45, 7) is 4.28. The molecule has 0 saturated carbocycles. The van der Waals surface area contributed by atoms with Crippen LogP contribution in [0.1, 0.15) is 53.0 Å². The summed E-state index contributed by atoms with van der Waals surface area (Å²) < 4.78 is 16.6. The maximum absolute atomic E-state index is 14.5.